The van der Waals surface area contributed by atoms with Gasteiger partial charge in [-0.1, -0.05) is 35.9 Å². The second kappa shape index (κ2) is 20.7. The van der Waals surface area contributed by atoms with E-state index in [1.54, 1.807) is 24.1 Å². The van der Waals surface area contributed by atoms with Crippen molar-refractivity contribution < 1.29 is 47.3 Å². The molecule has 4 aromatic carbocycles. The number of ether oxygens (including phenoxy) is 4. The molecule has 0 spiro atoms. The molecule has 0 saturated carbocycles. The van der Waals surface area contributed by atoms with E-state index in [9.17, 15) is 24.0 Å². The first kappa shape index (κ1) is 44.1. The Kier molecular flexibility index (Phi) is 14.5. The van der Waals surface area contributed by atoms with E-state index in [2.05, 4.69) is 15.6 Å². The Morgan fingerprint density at radius 2 is 1.46 bits per heavy atom. The van der Waals surface area contributed by atoms with Gasteiger partial charge >= 0.3 is 17.2 Å². The number of hydrogen-bond acceptors (Lipinski definition) is 13. The molecule has 0 aliphatic carbocycles. The Labute approximate surface area is 360 Å². The third kappa shape index (κ3) is 11.1. The maximum Gasteiger partial charge on any atom is 0.349 e. The highest BCUT2D eigenvalue weighted by Gasteiger charge is 2.23. The summed E-state index contributed by atoms with van der Waals surface area (Å²) in [5, 5.41) is 19.6. The Bertz CT molecular complexity index is 2890. The molecule has 16 heteroatoms. The van der Waals surface area contributed by atoms with Gasteiger partial charge in [0.05, 0.1) is 50.8 Å². The third-order valence-electron chi connectivity index (χ3n) is 10.2. The van der Waals surface area contributed by atoms with Gasteiger partial charge in [0.25, 0.3) is 11.8 Å². The molecule has 0 atom stereocenters. The number of aryl methyl sites for hydroxylation is 1. The molecule has 8 rings (SSSR count). The fourth-order valence-electron chi connectivity index (χ4n) is 6.91. The van der Waals surface area contributed by atoms with Crippen molar-refractivity contribution in [3.05, 3.63) is 140 Å². The highest BCUT2D eigenvalue weighted by molar-refractivity contribution is 6.06. The molecule has 16 nitrogen and oxygen atoms in total. The number of carbonyl (C=O) groups excluding carboxylic acids is 2. The van der Waals surface area contributed by atoms with E-state index in [4.69, 9.17) is 32.9 Å². The number of nitrogens with one attached hydrogen (secondary N) is 2. The molecule has 1 fully saturated rings. The highest BCUT2D eigenvalue weighted by Crippen LogP contribution is 2.29. The Hall–Kier alpha value is -6.98. The predicted octanol–water partition coefficient (Wildman–Crippen LogP) is 5.33. The van der Waals surface area contributed by atoms with E-state index in [0.717, 1.165) is 40.2 Å². The first-order chi connectivity index (χ1) is 30.6. The Morgan fingerprint density at radius 1 is 0.746 bits per heavy atom. The van der Waals surface area contributed by atoms with E-state index in [1.807, 2.05) is 61.5 Å². The maximum absolute atomic E-state index is 12.8. The van der Waals surface area contributed by atoms with Crippen molar-refractivity contribution in [1.29, 1.82) is 0 Å². The number of rotatable bonds is 15. The number of piperazine rings is 1. The summed E-state index contributed by atoms with van der Waals surface area (Å²) >= 11 is 0. The van der Waals surface area contributed by atoms with Gasteiger partial charge in [0.1, 0.15) is 34.6 Å². The van der Waals surface area contributed by atoms with E-state index in [1.165, 1.54) is 24.4 Å². The van der Waals surface area contributed by atoms with E-state index in [-0.39, 0.29) is 29.1 Å². The van der Waals surface area contributed by atoms with Crippen molar-refractivity contribution in [3.8, 4) is 5.75 Å². The van der Waals surface area contributed by atoms with Crippen LogP contribution in [0.1, 0.15) is 42.3 Å². The second-order valence-corrected chi connectivity index (χ2v) is 14.6. The number of fused-ring (bicyclic) bond motifs is 5. The van der Waals surface area contributed by atoms with Crippen molar-refractivity contribution in [3.63, 3.8) is 0 Å². The van der Waals surface area contributed by atoms with Crippen LogP contribution >= 0.6 is 0 Å². The summed E-state index contributed by atoms with van der Waals surface area (Å²) in [5.41, 5.74) is 1.11. The molecule has 63 heavy (non-hydrogen) atoms. The SMILES string of the molecule is COCCOCCOCCOc1ccc2c(ccc3cc(C(=O)N4CCNCC4)c(=O)oc32)c1.Cc1ccc2cc3cc(C(=O)NCc4ccc(C(=O)O)cn4)c(=O)oc3cc2c1. The maximum atomic E-state index is 12.8. The van der Waals surface area contributed by atoms with Crippen molar-refractivity contribution in [2.24, 2.45) is 0 Å². The number of pyridine rings is 1. The summed E-state index contributed by atoms with van der Waals surface area (Å²) in [7, 11) is 1.63. The molecule has 3 N–H and O–H groups in total. The van der Waals surface area contributed by atoms with Crippen LogP contribution in [0.4, 0.5) is 0 Å². The number of methoxy groups -OCH3 is 1. The number of hydrogen-bond donors (Lipinski definition) is 3. The van der Waals surface area contributed by atoms with Crippen LogP contribution in [-0.4, -0.2) is 106 Å². The van der Waals surface area contributed by atoms with E-state index in [0.29, 0.717) is 86.1 Å². The summed E-state index contributed by atoms with van der Waals surface area (Å²) in [6.07, 6.45) is 1.21. The molecule has 7 aromatic rings. The zero-order chi connectivity index (χ0) is 44.3. The zero-order valence-electron chi connectivity index (χ0n) is 34.8. The van der Waals surface area contributed by atoms with Crippen LogP contribution in [0.5, 0.6) is 5.75 Å². The van der Waals surface area contributed by atoms with Crippen LogP contribution in [0.3, 0.4) is 0 Å². The predicted molar refractivity (Wildman–Crippen MR) is 235 cm³/mol. The monoisotopic (exact) mass is 858 g/mol. The lowest BCUT2D eigenvalue weighted by Gasteiger charge is -2.27. The number of nitrogens with zero attached hydrogens (tertiary/aromatic N) is 2. The number of amides is 2. The van der Waals surface area contributed by atoms with Gasteiger partial charge in [-0.25, -0.2) is 14.4 Å². The van der Waals surface area contributed by atoms with Gasteiger partial charge in [-0.2, -0.15) is 0 Å². The van der Waals surface area contributed by atoms with Crippen LogP contribution in [0.15, 0.2) is 110 Å². The number of benzene rings is 4. The number of carbonyl (C=O) groups is 3. The first-order valence-corrected chi connectivity index (χ1v) is 20.3. The highest BCUT2D eigenvalue weighted by atomic mass is 16.6. The average molecular weight is 859 g/mol. The van der Waals surface area contributed by atoms with Crippen LogP contribution < -0.4 is 26.6 Å². The van der Waals surface area contributed by atoms with Crippen LogP contribution in [-0.2, 0) is 20.8 Å². The zero-order valence-corrected chi connectivity index (χ0v) is 34.8. The molecule has 0 unspecified atom stereocenters. The van der Waals surface area contributed by atoms with Crippen molar-refractivity contribution >= 4 is 61.3 Å². The molecule has 0 radical (unpaired) electrons. The minimum atomic E-state index is -1.08. The number of aromatic carboxylic acids is 1. The van der Waals surface area contributed by atoms with E-state index < -0.39 is 23.1 Å². The van der Waals surface area contributed by atoms with Gasteiger partial charge in [-0.05, 0) is 77.7 Å². The van der Waals surface area contributed by atoms with E-state index >= 15 is 0 Å². The van der Waals surface area contributed by atoms with Crippen LogP contribution in [0.2, 0.25) is 0 Å². The smallest absolute Gasteiger partial charge is 0.349 e. The summed E-state index contributed by atoms with van der Waals surface area (Å²) in [6.45, 7) is 7.60. The molecule has 1 saturated heterocycles. The molecule has 4 heterocycles. The standard InChI is InChI=1S/C25H30N2O7.C22H16N2O5/c1-30-10-11-31-12-13-32-14-15-33-20-4-5-21-18(16-20)2-3-19-17-22(25(29)34-23(19)21)24(28)27-8-6-26-7-9-27;1-12-2-3-13-7-16-8-18(22(28)29-19(16)9-15(13)6-12)20(25)24-11-17-5-4-14(10-23-17)21(26)27/h2-5,16-17,26H,6-15H2,1H3;2-10H,11H2,1H3,(H,24,25)(H,26,27). The fourth-order valence-corrected chi connectivity index (χ4v) is 6.91. The van der Waals surface area contributed by atoms with Crippen molar-refractivity contribution in [2.45, 2.75) is 13.5 Å². The van der Waals surface area contributed by atoms with Gasteiger partial charge in [0.2, 0.25) is 0 Å². The lowest BCUT2D eigenvalue weighted by Crippen LogP contribution is -2.47. The molecule has 1 aliphatic rings. The molecule has 0 bridgehead atoms. The van der Waals surface area contributed by atoms with Gasteiger partial charge < -0.3 is 48.4 Å². The Balaban J connectivity index is 0.000000191. The summed E-state index contributed by atoms with van der Waals surface area (Å²) in [6, 6.07) is 25.0. The number of carboxylic acids is 1. The molecule has 2 amide bonds. The lowest BCUT2D eigenvalue weighted by atomic mass is 10.0. The van der Waals surface area contributed by atoms with Crippen LogP contribution in [0.25, 0.3) is 43.5 Å². The summed E-state index contributed by atoms with van der Waals surface area (Å²) in [5.74, 6) is -1.26. The first-order valence-electron chi connectivity index (χ1n) is 20.3. The second-order valence-electron chi connectivity index (χ2n) is 14.6. The fraction of sp³-hybridized carbons (Fsp3) is 0.277. The third-order valence-corrected chi connectivity index (χ3v) is 10.2. The molecule has 3 aromatic heterocycles. The molecule has 1 aliphatic heterocycles. The van der Waals surface area contributed by atoms with Crippen molar-refractivity contribution in [2.75, 3.05) is 72.9 Å². The lowest BCUT2D eigenvalue weighted by molar-refractivity contribution is 0.0180. The number of carboxylic acid groups (broad SMARTS) is 1. The van der Waals surface area contributed by atoms with Gasteiger partial charge in [-0.3, -0.25) is 14.6 Å². The average Bonchev–Trinajstić information content (AvgIpc) is 3.29. The minimum absolute atomic E-state index is 0.0488. The summed E-state index contributed by atoms with van der Waals surface area (Å²) < 4.78 is 32.5. The van der Waals surface area contributed by atoms with Gasteiger partial charge in [0, 0.05) is 55.6 Å². The quantitative estimate of drug-likeness (QED) is 0.0516. The largest absolute Gasteiger partial charge is 0.491 e. The topological polar surface area (TPSA) is 209 Å². The van der Waals surface area contributed by atoms with Gasteiger partial charge in [-0.15, -0.1) is 0 Å². The van der Waals surface area contributed by atoms with Crippen molar-refractivity contribution in [1.82, 2.24) is 20.5 Å². The van der Waals surface area contributed by atoms with Crippen LogP contribution in [0, 0.1) is 6.92 Å². The molecule has 326 valence electrons. The summed E-state index contributed by atoms with van der Waals surface area (Å²) in [4.78, 5) is 66.7. The molecular formula is C47H46N4O12. The Morgan fingerprint density at radius 3 is 2.21 bits per heavy atom. The van der Waals surface area contributed by atoms with Gasteiger partial charge in [0.15, 0.2) is 0 Å². The minimum Gasteiger partial charge on any atom is -0.491 e. The number of aromatic nitrogens is 1. The normalized spacial score (nSPS) is 12.6. The molecular weight excluding hydrogens is 813 g/mol.